The molecule has 1 aromatic carbocycles. The van der Waals surface area contributed by atoms with Crippen molar-refractivity contribution in [3.63, 3.8) is 0 Å². The number of nitrogens with one attached hydrogen (secondary N) is 1. The van der Waals surface area contributed by atoms with Crippen LogP contribution in [-0.2, 0) is 9.59 Å². The summed E-state index contributed by atoms with van der Waals surface area (Å²) < 4.78 is 0. The van der Waals surface area contributed by atoms with Crippen LogP contribution in [0.1, 0.15) is 33.1 Å². The Balaban J connectivity index is 1.62. The first-order chi connectivity index (χ1) is 11.6. The molecule has 3 aliphatic rings. The van der Waals surface area contributed by atoms with Gasteiger partial charge in [-0.15, -0.1) is 0 Å². The zero-order valence-corrected chi connectivity index (χ0v) is 14.2. The van der Waals surface area contributed by atoms with Gasteiger partial charge < -0.3 is 9.80 Å². The fourth-order valence-corrected chi connectivity index (χ4v) is 4.39. The first-order valence-corrected chi connectivity index (χ1v) is 8.79. The Kier molecular flexibility index (Phi) is 3.81. The molecule has 6 heteroatoms. The van der Waals surface area contributed by atoms with Crippen molar-refractivity contribution in [3.8, 4) is 0 Å². The van der Waals surface area contributed by atoms with Gasteiger partial charge in [-0.25, -0.2) is 10.4 Å². The van der Waals surface area contributed by atoms with Gasteiger partial charge in [0.25, 0.3) is 0 Å². The molecule has 2 unspecified atom stereocenters. The fourth-order valence-electron chi connectivity index (χ4n) is 4.39. The predicted molar refractivity (Wildman–Crippen MR) is 92.7 cm³/mol. The lowest BCUT2D eigenvalue weighted by atomic mass is 10.0. The molecular weight excluding hydrogens is 304 g/mol. The lowest BCUT2D eigenvalue weighted by molar-refractivity contribution is -0.121. The summed E-state index contributed by atoms with van der Waals surface area (Å²) in [5.74, 6) is 0.133. The van der Waals surface area contributed by atoms with Gasteiger partial charge in [-0.2, -0.15) is 0 Å². The minimum Gasteiger partial charge on any atom is -0.307 e. The van der Waals surface area contributed by atoms with Gasteiger partial charge >= 0.3 is 0 Å². The summed E-state index contributed by atoms with van der Waals surface area (Å²) in [5.41, 5.74) is 5.06. The van der Waals surface area contributed by atoms with E-state index >= 15 is 0 Å². The molecule has 3 atom stereocenters. The van der Waals surface area contributed by atoms with Crippen molar-refractivity contribution in [2.75, 3.05) is 22.9 Å². The Morgan fingerprint density at radius 2 is 1.96 bits per heavy atom. The quantitative estimate of drug-likeness (QED) is 0.849. The Hall–Kier alpha value is -1.92. The molecule has 0 spiro atoms. The molecule has 0 saturated carbocycles. The van der Waals surface area contributed by atoms with Crippen molar-refractivity contribution >= 4 is 23.2 Å². The highest BCUT2D eigenvalue weighted by atomic mass is 16.2. The Morgan fingerprint density at radius 1 is 1.21 bits per heavy atom. The van der Waals surface area contributed by atoms with Gasteiger partial charge in [0.2, 0.25) is 11.8 Å². The molecular formula is C18H24N4O2. The Labute approximate surface area is 142 Å². The molecule has 3 aliphatic heterocycles. The van der Waals surface area contributed by atoms with E-state index in [-0.39, 0.29) is 23.9 Å². The number of fused-ring (bicyclic) bond motifs is 2. The third kappa shape index (κ3) is 2.41. The second-order valence-corrected chi connectivity index (χ2v) is 7.08. The molecule has 0 radical (unpaired) electrons. The highest BCUT2D eigenvalue weighted by molar-refractivity contribution is 6.05. The van der Waals surface area contributed by atoms with Gasteiger partial charge in [-0.05, 0) is 38.3 Å². The number of carbonyl (C=O) groups is 2. The number of amides is 2. The number of para-hydroxylation sites is 2. The number of hydrazine groups is 1. The van der Waals surface area contributed by atoms with Crippen molar-refractivity contribution in [3.05, 3.63) is 24.3 Å². The van der Waals surface area contributed by atoms with Gasteiger partial charge in [0, 0.05) is 26.1 Å². The Bertz CT molecular complexity index is 665. The molecule has 0 aromatic heterocycles. The maximum atomic E-state index is 13.1. The summed E-state index contributed by atoms with van der Waals surface area (Å²) in [6, 6.07) is 8.01. The van der Waals surface area contributed by atoms with Crippen LogP contribution in [0.4, 0.5) is 11.4 Å². The summed E-state index contributed by atoms with van der Waals surface area (Å²) in [4.78, 5) is 28.8. The fraction of sp³-hybridized carbons (Fsp3) is 0.556. The third-order valence-electron chi connectivity index (χ3n) is 5.43. The van der Waals surface area contributed by atoms with Crippen LogP contribution in [0.5, 0.6) is 0 Å². The van der Waals surface area contributed by atoms with Crippen LogP contribution in [-0.4, -0.2) is 48.0 Å². The molecule has 2 saturated heterocycles. The standard InChI is InChI=1S/C18H24N4O2/c1-12-11-20(16-7-3-4-8-17(16)22(12)13(2)23)18(24)15-10-14-6-5-9-21(14)19-15/h3-4,7-8,12,14-15,19H,5-6,9-11H2,1-2H3/t12-,14?,15?/m0/s1. The third-order valence-corrected chi connectivity index (χ3v) is 5.43. The van der Waals surface area contributed by atoms with E-state index in [0.29, 0.717) is 12.6 Å². The highest BCUT2D eigenvalue weighted by Gasteiger charge is 2.42. The molecule has 1 aromatic rings. The smallest absolute Gasteiger partial charge is 0.245 e. The second-order valence-electron chi connectivity index (χ2n) is 7.08. The maximum Gasteiger partial charge on any atom is 0.245 e. The van der Waals surface area contributed by atoms with Gasteiger partial charge in [0.05, 0.1) is 17.4 Å². The molecule has 4 rings (SSSR count). The van der Waals surface area contributed by atoms with Crippen molar-refractivity contribution in [1.29, 1.82) is 0 Å². The van der Waals surface area contributed by atoms with E-state index in [1.54, 1.807) is 11.8 Å². The van der Waals surface area contributed by atoms with E-state index in [0.717, 1.165) is 24.3 Å². The molecule has 24 heavy (non-hydrogen) atoms. The van der Waals surface area contributed by atoms with Crippen molar-refractivity contribution < 1.29 is 9.59 Å². The van der Waals surface area contributed by atoms with Crippen LogP contribution in [0.2, 0.25) is 0 Å². The number of hydrogen-bond donors (Lipinski definition) is 1. The lowest BCUT2D eigenvalue weighted by Gasteiger charge is -2.41. The van der Waals surface area contributed by atoms with Gasteiger partial charge in [0.15, 0.2) is 0 Å². The molecule has 2 amide bonds. The molecule has 2 fully saturated rings. The van der Waals surface area contributed by atoms with Crippen LogP contribution in [0.25, 0.3) is 0 Å². The molecule has 1 N–H and O–H groups in total. The first kappa shape index (κ1) is 15.6. The van der Waals surface area contributed by atoms with Crippen molar-refractivity contribution in [2.45, 2.75) is 51.2 Å². The van der Waals surface area contributed by atoms with E-state index in [4.69, 9.17) is 0 Å². The second kappa shape index (κ2) is 5.86. The summed E-state index contributed by atoms with van der Waals surface area (Å²) in [6.45, 7) is 5.15. The largest absolute Gasteiger partial charge is 0.307 e. The van der Waals surface area contributed by atoms with Gasteiger partial charge in [-0.3, -0.25) is 9.59 Å². The van der Waals surface area contributed by atoms with E-state index in [9.17, 15) is 9.59 Å². The van der Waals surface area contributed by atoms with E-state index in [1.165, 1.54) is 12.8 Å². The van der Waals surface area contributed by atoms with Crippen LogP contribution >= 0.6 is 0 Å². The normalized spacial score (nSPS) is 29.5. The van der Waals surface area contributed by atoms with Crippen molar-refractivity contribution in [1.82, 2.24) is 10.4 Å². The topological polar surface area (TPSA) is 55.9 Å². The van der Waals surface area contributed by atoms with E-state index in [1.807, 2.05) is 36.1 Å². The number of nitrogens with zero attached hydrogens (tertiary/aromatic N) is 3. The lowest BCUT2D eigenvalue weighted by Crippen LogP contribution is -2.55. The molecule has 128 valence electrons. The summed E-state index contributed by atoms with van der Waals surface area (Å²) in [7, 11) is 0. The summed E-state index contributed by atoms with van der Waals surface area (Å²) >= 11 is 0. The zero-order chi connectivity index (χ0) is 16.8. The number of anilines is 2. The average Bonchev–Trinajstić information content (AvgIpc) is 3.14. The molecule has 0 bridgehead atoms. The predicted octanol–water partition coefficient (Wildman–Crippen LogP) is 1.52. The van der Waals surface area contributed by atoms with Crippen LogP contribution < -0.4 is 15.2 Å². The Morgan fingerprint density at radius 3 is 2.67 bits per heavy atom. The van der Waals surface area contributed by atoms with Gasteiger partial charge in [-0.1, -0.05) is 12.1 Å². The monoisotopic (exact) mass is 328 g/mol. The number of rotatable bonds is 1. The summed E-state index contributed by atoms with van der Waals surface area (Å²) in [5, 5.41) is 2.23. The molecule has 6 nitrogen and oxygen atoms in total. The maximum absolute atomic E-state index is 13.1. The van der Waals surface area contributed by atoms with E-state index < -0.39 is 0 Å². The van der Waals surface area contributed by atoms with E-state index in [2.05, 4.69) is 10.4 Å². The average molecular weight is 328 g/mol. The van der Waals surface area contributed by atoms with Crippen molar-refractivity contribution in [2.24, 2.45) is 0 Å². The number of carbonyl (C=O) groups excluding carboxylic acids is 2. The summed E-state index contributed by atoms with van der Waals surface area (Å²) in [6.07, 6.45) is 3.25. The van der Waals surface area contributed by atoms with Gasteiger partial charge in [0.1, 0.15) is 6.04 Å². The van der Waals surface area contributed by atoms with Crippen LogP contribution in [0.3, 0.4) is 0 Å². The first-order valence-electron chi connectivity index (χ1n) is 8.79. The molecule has 0 aliphatic carbocycles. The minimum absolute atomic E-state index is 0.0154. The number of hydrogen-bond acceptors (Lipinski definition) is 4. The molecule has 3 heterocycles. The SMILES string of the molecule is CC(=O)N1c2ccccc2N(C(=O)C2CC3CCCN3N2)C[C@@H]1C. The minimum atomic E-state index is -0.153. The van der Waals surface area contributed by atoms with Crippen LogP contribution in [0, 0.1) is 0 Å². The highest BCUT2D eigenvalue weighted by Crippen LogP contribution is 2.36. The van der Waals surface area contributed by atoms with Crippen LogP contribution in [0.15, 0.2) is 24.3 Å². The number of benzene rings is 1. The zero-order valence-electron chi connectivity index (χ0n) is 14.2.